The maximum absolute atomic E-state index is 3.13. The van der Waals surface area contributed by atoms with Crippen LogP contribution in [0.1, 0.15) is 61.1 Å². The van der Waals surface area contributed by atoms with E-state index in [1.165, 1.54) is 11.1 Å². The second-order valence-corrected chi connectivity index (χ2v) is 61.2. The van der Waals surface area contributed by atoms with E-state index in [2.05, 4.69) is 226 Å². The maximum Gasteiger partial charge on any atom is -1.00 e. The van der Waals surface area contributed by atoms with Crippen molar-refractivity contribution >= 4 is 103 Å². The summed E-state index contributed by atoms with van der Waals surface area (Å²) in [6, 6.07) is 8.54. The summed E-state index contributed by atoms with van der Waals surface area (Å²) in [4.78, 5) is 0. The van der Waals surface area contributed by atoms with E-state index >= 15 is 0 Å². The van der Waals surface area contributed by atoms with Crippen LogP contribution in [0.15, 0.2) is 40.5 Å². The standard InChI is InChI=1S/C51H87Si7.3ClH.Ti/c1-32-29-42(39(8)49(55(20,21)22)45(32)52(11,12)13)58(48-37(6)35(4)36(5)38(48)7,43-30-33(2)46(53(14,15)16)50(40(43)9)56(23,24)25)44-31-34(3)47(54(17,18)19)51(41(44)10)57(26,27)28;;;;/h29-31H,1-28H3;3*1H;/q;;;;+3/p-3. The average molecular weight is 1050 g/mol. The van der Waals surface area contributed by atoms with Gasteiger partial charge in [0.2, 0.25) is 0 Å². The average Bonchev–Trinajstić information content (AvgIpc) is 3.17. The minimum atomic E-state index is -3.13. The number of hydrogen-bond donors (Lipinski definition) is 0. The minimum absolute atomic E-state index is 0. The van der Waals surface area contributed by atoms with E-state index in [1.54, 1.807) is 91.2 Å². The molecule has 3 aromatic rings. The van der Waals surface area contributed by atoms with Crippen molar-refractivity contribution in [1.82, 2.24) is 0 Å². The molecule has 0 heterocycles. The van der Waals surface area contributed by atoms with Crippen LogP contribution in [0.25, 0.3) is 0 Å². The number of aryl methyl sites for hydroxylation is 3. The minimum Gasteiger partial charge on any atom is -1.00 e. The van der Waals surface area contributed by atoms with Gasteiger partial charge in [-0.1, -0.05) is 0 Å². The first-order chi connectivity index (χ1) is 26.1. The molecule has 4 rings (SSSR count). The van der Waals surface area contributed by atoms with Crippen molar-refractivity contribution in [2.75, 3.05) is 0 Å². The van der Waals surface area contributed by atoms with Crippen LogP contribution in [0.3, 0.4) is 0 Å². The van der Waals surface area contributed by atoms with Crippen LogP contribution in [-0.4, -0.2) is 56.5 Å². The molecular weight excluding hydrogens is 963 g/mol. The molecule has 11 heteroatoms. The van der Waals surface area contributed by atoms with E-state index in [0.717, 1.165) is 0 Å². The van der Waals surface area contributed by atoms with Gasteiger partial charge in [0.1, 0.15) is 0 Å². The van der Waals surface area contributed by atoms with Crippen LogP contribution in [0.4, 0.5) is 0 Å². The van der Waals surface area contributed by atoms with Gasteiger partial charge in [-0.05, 0) is 0 Å². The van der Waals surface area contributed by atoms with Crippen molar-refractivity contribution in [1.29, 1.82) is 0 Å². The molecule has 0 bridgehead atoms. The number of halogens is 3. The summed E-state index contributed by atoms with van der Waals surface area (Å²) in [7, 11) is -13.8. The Kier molecular flexibility index (Phi) is 18.4. The Labute approximate surface area is 421 Å². The predicted octanol–water partition coefficient (Wildman–Crippen LogP) is 1.22. The van der Waals surface area contributed by atoms with Gasteiger partial charge < -0.3 is 37.2 Å². The Bertz CT molecular complexity index is 2060. The van der Waals surface area contributed by atoms with E-state index in [-0.39, 0.29) is 40.6 Å². The molecule has 0 aliphatic heterocycles. The van der Waals surface area contributed by atoms with Gasteiger partial charge in [0.25, 0.3) is 0 Å². The van der Waals surface area contributed by atoms with Crippen LogP contribution in [-0.2, 0) is 20.4 Å². The quantitative estimate of drug-likeness (QED) is 0.212. The molecule has 0 radical (unpaired) electrons. The van der Waals surface area contributed by atoms with Gasteiger partial charge in [-0.3, -0.25) is 0 Å². The van der Waals surface area contributed by atoms with Gasteiger partial charge in [0.05, 0.1) is 0 Å². The van der Waals surface area contributed by atoms with Crippen molar-refractivity contribution in [3.63, 3.8) is 0 Å². The van der Waals surface area contributed by atoms with E-state index in [1.807, 2.05) is 0 Å². The first kappa shape index (κ1) is 60.3. The first-order valence-corrected chi connectivity index (χ1v) is 46.5. The topological polar surface area (TPSA) is 0 Å². The van der Waals surface area contributed by atoms with Gasteiger partial charge in [-0.2, -0.15) is 0 Å². The second-order valence-electron chi connectivity index (χ2n) is 25.3. The van der Waals surface area contributed by atoms with Crippen LogP contribution >= 0.6 is 0 Å². The number of rotatable bonds is 10. The predicted molar refractivity (Wildman–Crippen MR) is 290 cm³/mol. The third-order valence-corrected chi connectivity index (χ3v) is 36.8. The van der Waals surface area contributed by atoms with E-state index < -0.39 is 56.5 Å². The molecule has 0 amide bonds. The van der Waals surface area contributed by atoms with Crippen molar-refractivity contribution in [2.45, 2.75) is 190 Å². The van der Waals surface area contributed by atoms with Crippen molar-refractivity contribution < 1.29 is 57.7 Å². The molecule has 0 N–H and O–H groups in total. The Hall–Kier alpha value is 0.242. The fraction of sp³-hybridized carbons (Fsp3) is 0.569. The zero-order valence-corrected chi connectivity index (χ0v) is 55.7. The molecule has 0 aromatic heterocycles. The largest absolute Gasteiger partial charge is 1.00 e. The number of allylic oxidation sites excluding steroid dienone is 4. The Morgan fingerprint density at radius 2 is 0.500 bits per heavy atom. The Morgan fingerprint density at radius 1 is 0.323 bits per heavy atom. The van der Waals surface area contributed by atoms with E-state index in [4.69, 9.17) is 0 Å². The molecule has 0 atom stereocenters. The maximum atomic E-state index is 2.85. The molecule has 1 aliphatic carbocycles. The van der Waals surface area contributed by atoms with Crippen molar-refractivity contribution in [3.05, 3.63) is 73.9 Å². The third-order valence-electron chi connectivity index (χ3n) is 14.4. The zero-order chi connectivity index (χ0) is 46.1. The molecule has 3 aromatic carbocycles. The summed E-state index contributed by atoms with van der Waals surface area (Å²) in [5.74, 6) is 0. The Balaban J connectivity index is 0.00000641. The van der Waals surface area contributed by atoms with Gasteiger partial charge in [-0.25, -0.2) is 0 Å². The van der Waals surface area contributed by atoms with Gasteiger partial charge in [0, 0.05) is 0 Å². The van der Waals surface area contributed by atoms with Gasteiger partial charge in [-0.15, -0.1) is 0 Å². The van der Waals surface area contributed by atoms with Crippen LogP contribution in [0, 0.1) is 41.5 Å². The van der Waals surface area contributed by atoms with Gasteiger partial charge in [0.15, 0.2) is 0 Å². The molecule has 1 aliphatic rings. The molecule has 0 unspecified atom stereocenters. The molecule has 0 saturated heterocycles. The van der Waals surface area contributed by atoms with Crippen LogP contribution in [0.5, 0.6) is 0 Å². The summed E-state index contributed by atoms with van der Waals surface area (Å²) >= 11 is 2.77. The van der Waals surface area contributed by atoms with Gasteiger partial charge >= 0.3 is 388 Å². The second kappa shape index (κ2) is 19.0. The van der Waals surface area contributed by atoms with Crippen LogP contribution < -0.4 is 83.9 Å². The van der Waals surface area contributed by atoms with Crippen molar-refractivity contribution in [2.24, 2.45) is 0 Å². The molecule has 0 fully saturated rings. The molecule has 62 heavy (non-hydrogen) atoms. The third kappa shape index (κ3) is 9.75. The SMILES string of the molecule is CC1=C(C)[C]([Ti+3])([Si](c2cc(C)c([Si](C)(C)C)c([Si](C)(C)C)c2C)(c2cc(C)c([Si](C)(C)C)c([Si](C)(C)C)c2C)c2cc(C)c([Si](C)(C)C)c([Si](C)(C)C)c2C)C(C)=C1C.[Cl-].[Cl-].[Cl-]. The summed E-state index contributed by atoms with van der Waals surface area (Å²) < 4.78 is -0.168. The monoisotopic (exact) mass is 1050 g/mol. The smallest absolute Gasteiger partial charge is 1.00 e. The zero-order valence-electron chi connectivity index (χ0n) is 44.9. The summed E-state index contributed by atoms with van der Waals surface area (Å²) in [5.41, 5.74) is 15.9. The molecule has 344 valence electrons. The summed E-state index contributed by atoms with van der Waals surface area (Å²) in [5, 5.41) is 15.7. The first-order valence-electron chi connectivity index (χ1n) is 22.7. The van der Waals surface area contributed by atoms with E-state index in [9.17, 15) is 0 Å². The number of hydrogen-bond acceptors (Lipinski definition) is 0. The summed E-state index contributed by atoms with van der Waals surface area (Å²) in [6.07, 6.45) is 0. The molecular formula is C51H87Cl3Si7Ti. The number of benzene rings is 3. The fourth-order valence-corrected chi connectivity index (χ4v) is 42.4. The Morgan fingerprint density at radius 3 is 0.661 bits per heavy atom. The molecule has 0 saturated carbocycles. The molecule has 0 nitrogen and oxygen atoms in total. The van der Waals surface area contributed by atoms with Crippen LogP contribution in [0.2, 0.25) is 121 Å². The normalized spacial score (nSPS) is 15.5. The van der Waals surface area contributed by atoms with Crippen molar-refractivity contribution in [3.8, 4) is 0 Å². The molecule has 0 spiro atoms. The fourth-order valence-electron chi connectivity index (χ4n) is 12.6. The van der Waals surface area contributed by atoms with E-state index in [0.29, 0.717) is 0 Å². The summed E-state index contributed by atoms with van der Waals surface area (Å²) in [6.45, 7) is 72.8.